The standard InChI is InChI=1S/C19H23BrN2O/c20-16-9-5-4-8-15(16)19(23)22-21-17-11-10-14-12-6-2-1-3-7-13(12)18(14)17/h4-5,8-9,12-14,18H,1-3,6-7,10-11H2,(H,22,23)/b21-17+/t12-,13-,14-,18+/m1/s1. The second-order valence-electron chi connectivity index (χ2n) is 7.22. The molecule has 1 N–H and O–H groups in total. The zero-order chi connectivity index (χ0) is 15.8. The molecule has 3 fully saturated rings. The monoisotopic (exact) mass is 374 g/mol. The van der Waals surface area contributed by atoms with E-state index < -0.39 is 0 Å². The van der Waals surface area contributed by atoms with Crippen LogP contribution in [0, 0.1) is 23.7 Å². The van der Waals surface area contributed by atoms with Crippen molar-refractivity contribution in [2.24, 2.45) is 28.8 Å². The Hall–Kier alpha value is -1.16. The summed E-state index contributed by atoms with van der Waals surface area (Å²) in [6, 6.07) is 7.49. The minimum absolute atomic E-state index is 0.120. The fourth-order valence-electron chi connectivity index (χ4n) is 5.11. The summed E-state index contributed by atoms with van der Waals surface area (Å²) in [7, 11) is 0. The molecule has 0 unspecified atom stereocenters. The number of hydrazone groups is 1. The van der Waals surface area contributed by atoms with Crippen molar-refractivity contribution in [2.45, 2.75) is 44.9 Å². The van der Waals surface area contributed by atoms with Crippen molar-refractivity contribution in [1.29, 1.82) is 0 Å². The Labute approximate surface area is 146 Å². The Bertz CT molecular complexity index is 642. The van der Waals surface area contributed by atoms with Gasteiger partial charge in [0, 0.05) is 16.1 Å². The van der Waals surface area contributed by atoms with Crippen molar-refractivity contribution in [1.82, 2.24) is 5.43 Å². The third kappa shape index (κ3) is 2.75. The molecule has 0 spiro atoms. The van der Waals surface area contributed by atoms with Crippen molar-refractivity contribution >= 4 is 27.5 Å². The summed E-state index contributed by atoms with van der Waals surface area (Å²) in [6.45, 7) is 0. The van der Waals surface area contributed by atoms with Gasteiger partial charge in [-0.1, -0.05) is 31.4 Å². The molecule has 1 aromatic rings. The van der Waals surface area contributed by atoms with Crippen LogP contribution in [0.3, 0.4) is 0 Å². The third-order valence-corrected chi connectivity index (χ3v) is 6.83. The van der Waals surface area contributed by atoms with Crippen LogP contribution in [0.4, 0.5) is 0 Å². The highest BCUT2D eigenvalue weighted by Crippen LogP contribution is 2.58. The van der Waals surface area contributed by atoms with E-state index >= 15 is 0 Å². The quantitative estimate of drug-likeness (QED) is 0.744. The fourth-order valence-corrected chi connectivity index (χ4v) is 5.57. The average Bonchev–Trinajstić information content (AvgIpc) is 2.78. The van der Waals surface area contributed by atoms with Gasteiger partial charge in [0.25, 0.3) is 5.91 Å². The molecule has 1 aromatic carbocycles. The van der Waals surface area contributed by atoms with Crippen molar-refractivity contribution in [3.05, 3.63) is 34.3 Å². The first-order valence-electron chi connectivity index (χ1n) is 8.87. The van der Waals surface area contributed by atoms with E-state index in [-0.39, 0.29) is 5.91 Å². The number of hydrogen-bond acceptors (Lipinski definition) is 2. The summed E-state index contributed by atoms with van der Waals surface area (Å²) in [4.78, 5) is 12.3. The molecular weight excluding hydrogens is 352 g/mol. The number of halogens is 1. The maximum Gasteiger partial charge on any atom is 0.272 e. The van der Waals surface area contributed by atoms with Gasteiger partial charge in [-0.3, -0.25) is 4.79 Å². The number of benzene rings is 1. The zero-order valence-corrected chi connectivity index (χ0v) is 14.9. The van der Waals surface area contributed by atoms with E-state index in [9.17, 15) is 4.79 Å². The molecule has 4 heteroatoms. The molecule has 0 aromatic heterocycles. The summed E-state index contributed by atoms with van der Waals surface area (Å²) in [5.74, 6) is 3.15. The van der Waals surface area contributed by atoms with Crippen LogP contribution in [0.1, 0.15) is 55.3 Å². The molecule has 4 rings (SSSR count). The number of hydrogen-bond donors (Lipinski definition) is 1. The van der Waals surface area contributed by atoms with Crippen LogP contribution in [0.5, 0.6) is 0 Å². The SMILES string of the molecule is O=C(N/N=C1\CC[C@@H]2[C@@H]3CCCCC[C@H]3[C@H]12)c1ccccc1Br. The molecule has 3 nitrogen and oxygen atoms in total. The van der Waals surface area contributed by atoms with E-state index in [1.165, 1.54) is 44.2 Å². The van der Waals surface area contributed by atoms with E-state index in [1.807, 2.05) is 24.3 Å². The Morgan fingerprint density at radius 3 is 2.61 bits per heavy atom. The topological polar surface area (TPSA) is 41.5 Å². The Balaban J connectivity index is 1.45. The first-order valence-corrected chi connectivity index (χ1v) is 9.66. The summed E-state index contributed by atoms with van der Waals surface area (Å²) in [6.07, 6.45) is 9.31. The lowest BCUT2D eigenvalue weighted by atomic mass is 9.56. The van der Waals surface area contributed by atoms with Gasteiger partial charge in [-0.2, -0.15) is 5.10 Å². The second-order valence-corrected chi connectivity index (χ2v) is 8.07. The molecule has 0 heterocycles. The normalized spacial score (nSPS) is 34.2. The highest BCUT2D eigenvalue weighted by Gasteiger charge is 2.54. The average molecular weight is 375 g/mol. The summed E-state index contributed by atoms with van der Waals surface area (Å²) < 4.78 is 0.814. The molecular formula is C19H23BrN2O. The predicted molar refractivity (Wildman–Crippen MR) is 95.3 cm³/mol. The molecule has 3 aliphatic carbocycles. The van der Waals surface area contributed by atoms with E-state index in [2.05, 4.69) is 26.5 Å². The molecule has 1 amide bonds. The number of fused-ring (bicyclic) bond motifs is 4. The van der Waals surface area contributed by atoms with Gasteiger partial charge in [-0.15, -0.1) is 0 Å². The number of rotatable bonds is 2. The van der Waals surface area contributed by atoms with Gasteiger partial charge in [-0.05, 0) is 71.5 Å². The first-order chi connectivity index (χ1) is 11.3. The largest absolute Gasteiger partial charge is 0.272 e. The van der Waals surface area contributed by atoms with Crippen LogP contribution in [0.25, 0.3) is 0 Å². The van der Waals surface area contributed by atoms with Crippen LogP contribution in [-0.4, -0.2) is 11.6 Å². The van der Waals surface area contributed by atoms with E-state index in [0.717, 1.165) is 28.6 Å². The highest BCUT2D eigenvalue weighted by molar-refractivity contribution is 9.10. The van der Waals surface area contributed by atoms with Crippen LogP contribution >= 0.6 is 15.9 Å². The van der Waals surface area contributed by atoms with Gasteiger partial charge >= 0.3 is 0 Å². The van der Waals surface area contributed by atoms with E-state index in [1.54, 1.807) is 0 Å². The van der Waals surface area contributed by atoms with Crippen LogP contribution in [0.15, 0.2) is 33.8 Å². The Morgan fingerprint density at radius 1 is 1.04 bits per heavy atom. The van der Waals surface area contributed by atoms with Crippen molar-refractivity contribution in [3.8, 4) is 0 Å². The smallest absolute Gasteiger partial charge is 0.267 e. The number of carbonyl (C=O) groups is 1. The minimum Gasteiger partial charge on any atom is -0.267 e. The molecule has 0 saturated heterocycles. The molecule has 3 saturated carbocycles. The van der Waals surface area contributed by atoms with Gasteiger partial charge in [0.05, 0.1) is 5.56 Å². The minimum atomic E-state index is -0.120. The lowest BCUT2D eigenvalue weighted by Crippen LogP contribution is -2.46. The molecule has 122 valence electrons. The number of carbonyl (C=O) groups excluding carboxylic acids is 1. The van der Waals surface area contributed by atoms with Crippen LogP contribution in [-0.2, 0) is 0 Å². The molecule has 0 bridgehead atoms. The lowest BCUT2D eigenvalue weighted by Gasteiger charge is -2.48. The lowest BCUT2D eigenvalue weighted by molar-refractivity contribution is 0.0280. The van der Waals surface area contributed by atoms with E-state index in [0.29, 0.717) is 11.5 Å². The Morgan fingerprint density at radius 2 is 1.78 bits per heavy atom. The first kappa shape index (κ1) is 15.4. The maximum absolute atomic E-state index is 12.3. The summed E-state index contributed by atoms with van der Waals surface area (Å²) in [5.41, 5.74) is 4.69. The van der Waals surface area contributed by atoms with Crippen molar-refractivity contribution in [2.75, 3.05) is 0 Å². The molecule has 3 aliphatic rings. The summed E-state index contributed by atoms with van der Waals surface area (Å²) in [5, 5.41) is 4.54. The highest BCUT2D eigenvalue weighted by atomic mass is 79.9. The molecule has 0 aliphatic heterocycles. The van der Waals surface area contributed by atoms with Gasteiger partial charge < -0.3 is 0 Å². The van der Waals surface area contributed by atoms with Gasteiger partial charge in [0.1, 0.15) is 0 Å². The molecule has 23 heavy (non-hydrogen) atoms. The van der Waals surface area contributed by atoms with Crippen LogP contribution < -0.4 is 5.43 Å². The van der Waals surface area contributed by atoms with Gasteiger partial charge in [-0.25, -0.2) is 5.43 Å². The second kappa shape index (κ2) is 6.39. The fraction of sp³-hybridized carbons (Fsp3) is 0.579. The van der Waals surface area contributed by atoms with Gasteiger partial charge in [0.15, 0.2) is 0 Å². The van der Waals surface area contributed by atoms with Gasteiger partial charge in [0.2, 0.25) is 0 Å². The number of amides is 1. The third-order valence-electron chi connectivity index (χ3n) is 6.14. The predicted octanol–water partition coefficient (Wildman–Crippen LogP) is 4.77. The van der Waals surface area contributed by atoms with E-state index in [4.69, 9.17) is 0 Å². The van der Waals surface area contributed by atoms with Crippen LogP contribution in [0.2, 0.25) is 0 Å². The van der Waals surface area contributed by atoms with Crippen molar-refractivity contribution in [3.63, 3.8) is 0 Å². The van der Waals surface area contributed by atoms with Crippen molar-refractivity contribution < 1.29 is 4.79 Å². The zero-order valence-electron chi connectivity index (χ0n) is 13.3. The number of nitrogens with zero attached hydrogens (tertiary/aromatic N) is 1. The molecule has 0 radical (unpaired) electrons. The molecule has 4 atom stereocenters. The maximum atomic E-state index is 12.3. The Kier molecular flexibility index (Phi) is 4.27. The summed E-state index contributed by atoms with van der Waals surface area (Å²) >= 11 is 3.43. The number of nitrogens with one attached hydrogen (secondary N) is 1.